The number of fused-ring (bicyclic) bond motifs is 1. The molecule has 182 valence electrons. The lowest BCUT2D eigenvalue weighted by Gasteiger charge is -2.21. The highest BCUT2D eigenvalue weighted by Crippen LogP contribution is 2.31. The Morgan fingerprint density at radius 1 is 1.23 bits per heavy atom. The molecule has 35 heavy (non-hydrogen) atoms. The highest BCUT2D eigenvalue weighted by Gasteiger charge is 2.24. The van der Waals surface area contributed by atoms with Crippen LogP contribution < -0.4 is 19.7 Å². The second-order valence-electron chi connectivity index (χ2n) is 8.62. The lowest BCUT2D eigenvalue weighted by Crippen LogP contribution is -2.31. The van der Waals surface area contributed by atoms with Crippen molar-refractivity contribution in [1.29, 1.82) is 0 Å². The van der Waals surface area contributed by atoms with Gasteiger partial charge in [-0.05, 0) is 31.4 Å². The molecule has 0 spiro atoms. The number of likely N-dealkylation sites (N-methyl/N-ethyl adjacent to an activating group) is 1. The fraction of sp³-hybridized carbons (Fsp3) is 0.400. The standard InChI is InChI=1S/C25H28N6O4/c1-31(14-22(32)28-16-6-7-23(33-2)27-13-16)25-19-4-3-5-20(19)29-24(30-25)21-12-17(8-10-26-21)35-18-9-11-34-15-18/h6-8,10,12-13,18H,3-5,9,11,14-15H2,1-2H3,(H,28,32). The summed E-state index contributed by atoms with van der Waals surface area (Å²) in [6.45, 7) is 1.44. The van der Waals surface area contributed by atoms with Gasteiger partial charge in [0, 0.05) is 43.1 Å². The number of methoxy groups -OCH3 is 1. The first-order valence-corrected chi connectivity index (χ1v) is 11.7. The van der Waals surface area contributed by atoms with E-state index in [-0.39, 0.29) is 18.6 Å². The number of anilines is 2. The van der Waals surface area contributed by atoms with Gasteiger partial charge in [-0.15, -0.1) is 0 Å². The Hall–Kier alpha value is -3.79. The molecule has 0 bridgehead atoms. The number of aromatic nitrogens is 4. The van der Waals surface area contributed by atoms with Gasteiger partial charge in [0.2, 0.25) is 11.8 Å². The van der Waals surface area contributed by atoms with Crippen molar-refractivity contribution in [2.75, 3.05) is 44.1 Å². The molecule has 3 aromatic rings. The van der Waals surface area contributed by atoms with Crippen LogP contribution in [0.4, 0.5) is 11.5 Å². The van der Waals surface area contributed by atoms with Gasteiger partial charge in [-0.3, -0.25) is 9.78 Å². The molecule has 0 radical (unpaired) electrons. The van der Waals surface area contributed by atoms with E-state index in [4.69, 9.17) is 24.2 Å². The van der Waals surface area contributed by atoms with Crippen LogP contribution in [-0.4, -0.2) is 65.9 Å². The summed E-state index contributed by atoms with van der Waals surface area (Å²) in [6.07, 6.45) is 6.97. The van der Waals surface area contributed by atoms with E-state index in [1.165, 1.54) is 0 Å². The van der Waals surface area contributed by atoms with Crippen LogP contribution in [0.5, 0.6) is 11.6 Å². The minimum Gasteiger partial charge on any atom is -0.488 e. The van der Waals surface area contributed by atoms with Gasteiger partial charge < -0.3 is 24.4 Å². The number of nitrogens with zero attached hydrogens (tertiary/aromatic N) is 5. The third-order valence-corrected chi connectivity index (χ3v) is 6.03. The van der Waals surface area contributed by atoms with Gasteiger partial charge in [-0.25, -0.2) is 15.0 Å². The second kappa shape index (κ2) is 10.2. The fourth-order valence-electron chi connectivity index (χ4n) is 4.31. The topological polar surface area (TPSA) is 112 Å². The van der Waals surface area contributed by atoms with Crippen molar-refractivity contribution >= 4 is 17.4 Å². The molecule has 0 aromatic carbocycles. The van der Waals surface area contributed by atoms with Crippen molar-refractivity contribution in [3.8, 4) is 23.1 Å². The number of nitrogens with one attached hydrogen (secondary N) is 1. The van der Waals surface area contributed by atoms with Gasteiger partial charge in [-0.1, -0.05) is 0 Å². The van der Waals surface area contributed by atoms with Crippen LogP contribution in [0.2, 0.25) is 0 Å². The quantitative estimate of drug-likeness (QED) is 0.524. The van der Waals surface area contributed by atoms with E-state index in [1.807, 2.05) is 24.1 Å². The summed E-state index contributed by atoms with van der Waals surface area (Å²) in [6, 6.07) is 7.15. The zero-order valence-corrected chi connectivity index (χ0v) is 19.9. The van der Waals surface area contributed by atoms with E-state index in [9.17, 15) is 4.79 Å². The maximum absolute atomic E-state index is 12.7. The fourth-order valence-corrected chi connectivity index (χ4v) is 4.31. The third-order valence-electron chi connectivity index (χ3n) is 6.03. The van der Waals surface area contributed by atoms with Crippen LogP contribution in [0.1, 0.15) is 24.1 Å². The van der Waals surface area contributed by atoms with Gasteiger partial charge >= 0.3 is 0 Å². The highest BCUT2D eigenvalue weighted by atomic mass is 16.5. The molecule has 10 heteroatoms. The van der Waals surface area contributed by atoms with Crippen molar-refractivity contribution < 1.29 is 19.0 Å². The number of ether oxygens (including phenoxy) is 3. The van der Waals surface area contributed by atoms with E-state index >= 15 is 0 Å². The average molecular weight is 477 g/mol. The SMILES string of the molecule is COc1ccc(NC(=O)CN(C)c2nc(-c3cc(OC4CCOC4)ccn3)nc3c2CCC3)cn1. The molecule has 3 aromatic heterocycles. The van der Waals surface area contributed by atoms with E-state index in [0.717, 1.165) is 55.1 Å². The Labute approximate surface area is 203 Å². The zero-order valence-electron chi connectivity index (χ0n) is 19.9. The summed E-state index contributed by atoms with van der Waals surface area (Å²) in [7, 11) is 3.41. The molecule has 1 amide bonds. The zero-order chi connectivity index (χ0) is 24.2. The highest BCUT2D eigenvalue weighted by molar-refractivity contribution is 5.93. The Morgan fingerprint density at radius 2 is 2.14 bits per heavy atom. The first kappa shape index (κ1) is 23.0. The molecule has 1 saturated heterocycles. The van der Waals surface area contributed by atoms with Crippen molar-refractivity contribution in [2.45, 2.75) is 31.8 Å². The number of hydrogen-bond donors (Lipinski definition) is 1. The molecule has 4 heterocycles. The minimum absolute atomic E-state index is 0.0484. The van der Waals surface area contributed by atoms with Gasteiger partial charge in [0.05, 0.1) is 38.8 Å². The summed E-state index contributed by atoms with van der Waals surface area (Å²) in [5.41, 5.74) is 3.34. The summed E-state index contributed by atoms with van der Waals surface area (Å²) >= 11 is 0. The summed E-state index contributed by atoms with van der Waals surface area (Å²) in [4.78, 5) is 32.8. The van der Waals surface area contributed by atoms with Crippen LogP contribution in [0.25, 0.3) is 11.5 Å². The van der Waals surface area contributed by atoms with Gasteiger partial charge in [-0.2, -0.15) is 0 Å². The lowest BCUT2D eigenvalue weighted by molar-refractivity contribution is -0.114. The predicted molar refractivity (Wildman–Crippen MR) is 130 cm³/mol. The molecule has 0 saturated carbocycles. The van der Waals surface area contributed by atoms with Crippen LogP contribution in [0.3, 0.4) is 0 Å². The summed E-state index contributed by atoms with van der Waals surface area (Å²) < 4.78 is 16.5. The van der Waals surface area contributed by atoms with Crippen molar-refractivity contribution in [2.24, 2.45) is 0 Å². The van der Waals surface area contributed by atoms with Gasteiger partial charge in [0.15, 0.2) is 5.82 Å². The monoisotopic (exact) mass is 476 g/mol. The predicted octanol–water partition coefficient (Wildman–Crippen LogP) is 2.67. The summed E-state index contributed by atoms with van der Waals surface area (Å²) in [5.74, 6) is 2.32. The number of rotatable bonds is 8. The van der Waals surface area contributed by atoms with Crippen LogP contribution in [-0.2, 0) is 22.4 Å². The van der Waals surface area contributed by atoms with Crippen LogP contribution in [0, 0.1) is 0 Å². The number of pyridine rings is 2. The Kier molecular flexibility index (Phi) is 6.71. The number of carbonyl (C=O) groups excluding carboxylic acids is 1. The maximum atomic E-state index is 12.7. The third kappa shape index (κ3) is 5.32. The average Bonchev–Trinajstić information content (AvgIpc) is 3.56. The van der Waals surface area contributed by atoms with E-state index < -0.39 is 0 Å². The van der Waals surface area contributed by atoms with Crippen molar-refractivity contribution in [3.63, 3.8) is 0 Å². The van der Waals surface area contributed by atoms with E-state index in [0.29, 0.717) is 29.7 Å². The number of aryl methyl sites for hydroxylation is 1. The first-order valence-electron chi connectivity index (χ1n) is 11.7. The van der Waals surface area contributed by atoms with Crippen molar-refractivity contribution in [3.05, 3.63) is 47.9 Å². The summed E-state index contributed by atoms with van der Waals surface area (Å²) in [5, 5.41) is 2.87. The first-order chi connectivity index (χ1) is 17.1. The normalized spacial score (nSPS) is 16.6. The molecule has 1 fully saturated rings. The number of hydrogen-bond acceptors (Lipinski definition) is 9. The Bertz CT molecular complexity index is 1200. The smallest absolute Gasteiger partial charge is 0.243 e. The molecule has 1 aliphatic carbocycles. The molecule has 1 aliphatic heterocycles. The maximum Gasteiger partial charge on any atom is 0.243 e. The lowest BCUT2D eigenvalue weighted by atomic mass is 10.2. The Balaban J connectivity index is 1.34. The van der Waals surface area contributed by atoms with Gasteiger partial charge in [0.1, 0.15) is 23.4 Å². The van der Waals surface area contributed by atoms with Crippen LogP contribution in [0.15, 0.2) is 36.7 Å². The molecule has 1 atom stereocenters. The second-order valence-corrected chi connectivity index (χ2v) is 8.62. The van der Waals surface area contributed by atoms with E-state index in [2.05, 4.69) is 15.3 Å². The molecule has 1 unspecified atom stereocenters. The van der Waals surface area contributed by atoms with E-state index in [1.54, 1.807) is 31.6 Å². The minimum atomic E-state index is -0.168. The van der Waals surface area contributed by atoms with Gasteiger partial charge in [0.25, 0.3) is 0 Å². The number of carbonyl (C=O) groups is 1. The van der Waals surface area contributed by atoms with Crippen molar-refractivity contribution in [1.82, 2.24) is 19.9 Å². The molecule has 5 rings (SSSR count). The Morgan fingerprint density at radius 3 is 2.91 bits per heavy atom. The molecule has 10 nitrogen and oxygen atoms in total. The molecular formula is C25H28N6O4. The molecule has 2 aliphatic rings. The van der Waals surface area contributed by atoms with Crippen LogP contribution >= 0.6 is 0 Å². The molecule has 1 N–H and O–H groups in total. The molecular weight excluding hydrogens is 448 g/mol. The largest absolute Gasteiger partial charge is 0.488 e. The number of amides is 1.